The summed E-state index contributed by atoms with van der Waals surface area (Å²) in [6.07, 6.45) is 4.63. The number of hydrogen-bond acceptors (Lipinski definition) is 1. The molecule has 16 heavy (non-hydrogen) atoms. The van der Waals surface area contributed by atoms with Crippen molar-refractivity contribution < 1.29 is 0 Å². The summed E-state index contributed by atoms with van der Waals surface area (Å²) in [6.45, 7) is 19.0. The lowest BCUT2D eigenvalue weighted by molar-refractivity contribution is 0.255. The Morgan fingerprint density at radius 1 is 1.38 bits per heavy atom. The van der Waals surface area contributed by atoms with E-state index in [1.807, 2.05) is 0 Å². The fourth-order valence-corrected chi connectivity index (χ4v) is 1.82. The van der Waals surface area contributed by atoms with E-state index < -0.39 is 0 Å². The fraction of sp³-hybridized carbons (Fsp3) is 0.800. The molecule has 0 aliphatic rings. The van der Waals surface area contributed by atoms with Crippen molar-refractivity contribution in [3.05, 3.63) is 12.2 Å². The summed E-state index contributed by atoms with van der Waals surface area (Å²) in [6, 6.07) is 0.398. The molecule has 2 atom stereocenters. The largest absolute Gasteiger partial charge is 0.297 e. The molecule has 0 amide bonds. The topological polar surface area (TPSA) is 12.4 Å². The van der Waals surface area contributed by atoms with E-state index in [1.54, 1.807) is 0 Å². The van der Waals surface area contributed by atoms with Crippen LogP contribution in [0.3, 0.4) is 0 Å². The van der Waals surface area contributed by atoms with Gasteiger partial charge in [-0.2, -0.15) is 0 Å². The van der Waals surface area contributed by atoms with E-state index in [0.717, 1.165) is 12.8 Å². The molecule has 0 rings (SSSR count). The number of nitrogens with zero attached hydrogens (tertiary/aromatic N) is 1. The molecule has 0 fully saturated rings. The second kappa shape index (κ2) is 6.88. The van der Waals surface area contributed by atoms with E-state index in [0.29, 0.717) is 17.4 Å². The Balaban J connectivity index is 4.26. The van der Waals surface area contributed by atoms with Crippen molar-refractivity contribution in [2.45, 2.75) is 66.3 Å². The molecule has 94 valence electrons. The van der Waals surface area contributed by atoms with Crippen molar-refractivity contribution in [1.29, 1.82) is 0 Å². The van der Waals surface area contributed by atoms with Gasteiger partial charge in [-0.1, -0.05) is 39.7 Å². The van der Waals surface area contributed by atoms with Gasteiger partial charge < -0.3 is 0 Å². The predicted octanol–water partition coefficient (Wildman–Crippen LogP) is 4.87. The van der Waals surface area contributed by atoms with Crippen molar-refractivity contribution in [3.63, 3.8) is 0 Å². The average molecular weight is 223 g/mol. The van der Waals surface area contributed by atoms with Crippen LogP contribution in [0.4, 0.5) is 0 Å². The molecule has 0 aliphatic carbocycles. The maximum Gasteiger partial charge on any atom is 0.0523 e. The Hall–Kier alpha value is -0.590. The molecule has 0 N–H and O–H groups in total. The van der Waals surface area contributed by atoms with Crippen molar-refractivity contribution in [2.24, 2.45) is 16.3 Å². The molecule has 0 saturated heterocycles. The SMILES string of the molecule is C=NC(CC(C)(C)CC)C(C)CCC(=C)C. The summed E-state index contributed by atoms with van der Waals surface area (Å²) >= 11 is 0. The third-order valence-corrected chi connectivity index (χ3v) is 3.64. The summed E-state index contributed by atoms with van der Waals surface area (Å²) in [5.74, 6) is 0.611. The molecule has 0 radical (unpaired) electrons. The second-order valence-corrected chi connectivity index (χ2v) is 5.94. The maximum atomic E-state index is 4.32. The minimum atomic E-state index is 0.378. The van der Waals surface area contributed by atoms with Gasteiger partial charge in [0.2, 0.25) is 0 Å². The molecule has 0 saturated carbocycles. The molecule has 1 heteroatoms. The van der Waals surface area contributed by atoms with Crippen LogP contribution in [0.5, 0.6) is 0 Å². The third-order valence-electron chi connectivity index (χ3n) is 3.64. The number of hydrogen-bond donors (Lipinski definition) is 0. The standard InChI is InChI=1S/C15H29N/c1-8-15(5,6)11-14(16-7)13(4)10-9-12(2)3/h13-14H,2,7-11H2,1,3-6H3. The first-order valence-electron chi connectivity index (χ1n) is 6.42. The van der Waals surface area contributed by atoms with E-state index >= 15 is 0 Å². The van der Waals surface area contributed by atoms with Crippen LogP contribution in [0.15, 0.2) is 17.1 Å². The van der Waals surface area contributed by atoms with Crippen LogP contribution >= 0.6 is 0 Å². The Labute approximate surface area is 102 Å². The fourth-order valence-electron chi connectivity index (χ4n) is 1.82. The first-order valence-corrected chi connectivity index (χ1v) is 6.42. The molecule has 0 aliphatic heterocycles. The van der Waals surface area contributed by atoms with Gasteiger partial charge in [0.1, 0.15) is 0 Å². The van der Waals surface area contributed by atoms with Gasteiger partial charge in [0.25, 0.3) is 0 Å². The quantitative estimate of drug-likeness (QED) is 0.411. The Bertz CT molecular complexity index is 228. The molecule has 0 aromatic rings. The van der Waals surface area contributed by atoms with Crippen LogP contribution < -0.4 is 0 Å². The minimum Gasteiger partial charge on any atom is -0.297 e. The lowest BCUT2D eigenvalue weighted by Crippen LogP contribution is -2.24. The zero-order chi connectivity index (χ0) is 12.8. The molecule has 0 heterocycles. The van der Waals surface area contributed by atoms with Gasteiger partial charge in [-0.15, -0.1) is 6.58 Å². The highest BCUT2D eigenvalue weighted by Crippen LogP contribution is 2.31. The average Bonchev–Trinajstić information content (AvgIpc) is 2.22. The van der Waals surface area contributed by atoms with Crippen molar-refractivity contribution in [2.75, 3.05) is 0 Å². The summed E-state index contributed by atoms with van der Waals surface area (Å²) in [5, 5.41) is 0. The van der Waals surface area contributed by atoms with E-state index in [9.17, 15) is 0 Å². The Morgan fingerprint density at radius 2 is 1.94 bits per heavy atom. The Morgan fingerprint density at radius 3 is 2.31 bits per heavy atom. The van der Waals surface area contributed by atoms with E-state index in [4.69, 9.17) is 0 Å². The second-order valence-electron chi connectivity index (χ2n) is 5.94. The summed E-state index contributed by atoms with van der Waals surface area (Å²) < 4.78 is 0. The highest BCUT2D eigenvalue weighted by molar-refractivity contribution is 5.24. The van der Waals surface area contributed by atoms with Gasteiger partial charge in [0, 0.05) is 0 Å². The zero-order valence-electron chi connectivity index (χ0n) is 11.8. The van der Waals surface area contributed by atoms with Crippen LogP contribution in [-0.4, -0.2) is 12.8 Å². The first kappa shape index (κ1) is 15.4. The predicted molar refractivity (Wildman–Crippen MR) is 75.2 cm³/mol. The normalized spacial score (nSPS) is 15.6. The van der Waals surface area contributed by atoms with Gasteiger partial charge in [-0.3, -0.25) is 4.99 Å². The summed E-state index contributed by atoms with van der Waals surface area (Å²) in [4.78, 5) is 4.32. The molecule has 0 aromatic heterocycles. The van der Waals surface area contributed by atoms with Gasteiger partial charge in [-0.25, -0.2) is 0 Å². The van der Waals surface area contributed by atoms with Crippen LogP contribution in [0.1, 0.15) is 60.3 Å². The van der Waals surface area contributed by atoms with Gasteiger partial charge in [-0.05, 0) is 44.2 Å². The highest BCUT2D eigenvalue weighted by atomic mass is 14.8. The van der Waals surface area contributed by atoms with Gasteiger partial charge in [0.05, 0.1) is 6.04 Å². The van der Waals surface area contributed by atoms with E-state index in [1.165, 1.54) is 18.4 Å². The monoisotopic (exact) mass is 223 g/mol. The van der Waals surface area contributed by atoms with Crippen molar-refractivity contribution >= 4 is 6.72 Å². The molecular weight excluding hydrogens is 194 g/mol. The lowest BCUT2D eigenvalue weighted by atomic mass is 9.79. The highest BCUT2D eigenvalue weighted by Gasteiger charge is 2.24. The molecule has 2 unspecified atom stereocenters. The smallest absolute Gasteiger partial charge is 0.0523 e. The number of rotatable bonds is 8. The van der Waals surface area contributed by atoms with Crippen molar-refractivity contribution in [1.82, 2.24) is 0 Å². The van der Waals surface area contributed by atoms with E-state index in [2.05, 4.69) is 52.9 Å². The molecule has 0 bridgehead atoms. The number of aliphatic imine (C=N–C) groups is 1. The van der Waals surface area contributed by atoms with Gasteiger partial charge in [0.15, 0.2) is 0 Å². The van der Waals surface area contributed by atoms with E-state index in [-0.39, 0.29) is 0 Å². The lowest BCUT2D eigenvalue weighted by Gasteiger charge is -2.29. The summed E-state index contributed by atoms with van der Waals surface area (Å²) in [7, 11) is 0. The Kier molecular flexibility index (Phi) is 6.62. The van der Waals surface area contributed by atoms with Crippen LogP contribution in [-0.2, 0) is 0 Å². The maximum absolute atomic E-state index is 4.32. The molecular formula is C15H29N. The van der Waals surface area contributed by atoms with Crippen LogP contribution in [0.25, 0.3) is 0 Å². The molecule has 1 nitrogen and oxygen atoms in total. The molecule has 0 aromatic carbocycles. The van der Waals surface area contributed by atoms with Crippen molar-refractivity contribution in [3.8, 4) is 0 Å². The molecule has 0 spiro atoms. The number of allylic oxidation sites excluding steroid dienone is 1. The van der Waals surface area contributed by atoms with Crippen LogP contribution in [0, 0.1) is 11.3 Å². The minimum absolute atomic E-state index is 0.378. The van der Waals surface area contributed by atoms with Crippen LogP contribution in [0.2, 0.25) is 0 Å². The third kappa shape index (κ3) is 6.09. The first-order chi connectivity index (χ1) is 7.32. The summed E-state index contributed by atoms with van der Waals surface area (Å²) in [5.41, 5.74) is 1.65. The zero-order valence-corrected chi connectivity index (χ0v) is 11.8. The van der Waals surface area contributed by atoms with Gasteiger partial charge >= 0.3 is 0 Å².